The zero-order valence-corrected chi connectivity index (χ0v) is 19.5. The van der Waals surface area contributed by atoms with E-state index in [1.165, 1.54) is 0 Å². The van der Waals surface area contributed by atoms with Crippen molar-refractivity contribution in [2.45, 2.75) is 25.4 Å². The second-order valence-corrected chi connectivity index (χ2v) is 8.99. The van der Waals surface area contributed by atoms with Gasteiger partial charge in [-0.05, 0) is 35.2 Å². The Kier molecular flexibility index (Phi) is 6.84. The summed E-state index contributed by atoms with van der Waals surface area (Å²) in [6.07, 6.45) is 0.694. The number of likely N-dealkylation sites (tertiary alicyclic amines) is 1. The summed E-state index contributed by atoms with van der Waals surface area (Å²) in [7, 11) is 0. The van der Waals surface area contributed by atoms with Crippen molar-refractivity contribution in [3.63, 3.8) is 0 Å². The van der Waals surface area contributed by atoms with Crippen LogP contribution in [0.25, 0.3) is 0 Å². The quantitative estimate of drug-likeness (QED) is 0.569. The van der Waals surface area contributed by atoms with Crippen LogP contribution in [0.2, 0.25) is 0 Å². The van der Waals surface area contributed by atoms with Crippen LogP contribution in [0.3, 0.4) is 0 Å². The van der Waals surface area contributed by atoms with Gasteiger partial charge in [-0.25, -0.2) is 4.79 Å². The van der Waals surface area contributed by atoms with Crippen molar-refractivity contribution in [2.75, 3.05) is 19.9 Å². The number of urea groups is 1. The Labute approximate surface area is 205 Å². The molecule has 2 heterocycles. The van der Waals surface area contributed by atoms with Crippen LogP contribution in [-0.2, 0) is 17.9 Å². The van der Waals surface area contributed by atoms with Gasteiger partial charge >= 0.3 is 6.03 Å². The lowest BCUT2D eigenvalue weighted by Crippen LogP contribution is -2.50. The third-order valence-electron chi connectivity index (χ3n) is 6.57. The molecule has 7 heteroatoms. The number of rotatable bonds is 6. The van der Waals surface area contributed by atoms with Gasteiger partial charge in [0.05, 0.1) is 5.92 Å². The number of ether oxygens (including phenoxy) is 2. The van der Waals surface area contributed by atoms with Gasteiger partial charge in [-0.2, -0.15) is 0 Å². The van der Waals surface area contributed by atoms with E-state index < -0.39 is 0 Å². The number of hydrogen-bond donors (Lipinski definition) is 2. The van der Waals surface area contributed by atoms with Gasteiger partial charge in [-0.15, -0.1) is 0 Å². The molecule has 7 nitrogen and oxygen atoms in total. The number of nitrogens with zero attached hydrogens (tertiary/aromatic N) is 1. The second kappa shape index (κ2) is 10.5. The standard InChI is InChI=1S/C28H29N3O4/c32-27(29-16-21-11-12-25-26(13-21)35-19-34-25)24-14-23(22-9-5-2-6-10-22)17-31(18-24)28(33)30-15-20-7-3-1-4-8-20/h1-13,23-24H,14-19H2,(H,29,32)(H,30,33)/t23-,24+/m0/s1. The first-order chi connectivity index (χ1) is 17.2. The predicted molar refractivity (Wildman–Crippen MR) is 132 cm³/mol. The monoisotopic (exact) mass is 471 g/mol. The van der Waals surface area contributed by atoms with Gasteiger partial charge in [-0.3, -0.25) is 4.79 Å². The van der Waals surface area contributed by atoms with Gasteiger partial charge in [0.15, 0.2) is 11.5 Å². The van der Waals surface area contributed by atoms with Crippen LogP contribution < -0.4 is 20.1 Å². The topological polar surface area (TPSA) is 79.9 Å². The Balaban J connectivity index is 1.25. The SMILES string of the molecule is O=C(NCc1ccc2c(c1)OCO2)[C@@H]1C[C@H](c2ccccc2)CN(C(=O)NCc2ccccc2)C1. The average Bonchev–Trinajstić information content (AvgIpc) is 3.39. The molecule has 5 rings (SSSR count). The Morgan fingerprint density at radius 1 is 0.800 bits per heavy atom. The van der Waals surface area contributed by atoms with Crippen LogP contribution in [0, 0.1) is 5.92 Å². The molecule has 0 radical (unpaired) electrons. The summed E-state index contributed by atoms with van der Waals surface area (Å²) < 4.78 is 10.8. The molecule has 3 aromatic carbocycles. The lowest BCUT2D eigenvalue weighted by molar-refractivity contribution is -0.126. The van der Waals surface area contributed by atoms with Gasteiger partial charge in [0.25, 0.3) is 0 Å². The Bertz CT molecular complexity index is 1170. The fraction of sp³-hybridized carbons (Fsp3) is 0.286. The summed E-state index contributed by atoms with van der Waals surface area (Å²) in [4.78, 5) is 28.0. The van der Waals surface area contributed by atoms with E-state index in [9.17, 15) is 9.59 Å². The molecule has 1 saturated heterocycles. The van der Waals surface area contributed by atoms with E-state index in [1.807, 2.05) is 66.7 Å². The first-order valence-electron chi connectivity index (χ1n) is 11.9. The van der Waals surface area contributed by atoms with Crippen molar-refractivity contribution < 1.29 is 19.1 Å². The molecule has 180 valence electrons. The minimum Gasteiger partial charge on any atom is -0.454 e. The lowest BCUT2D eigenvalue weighted by Gasteiger charge is -2.37. The summed E-state index contributed by atoms with van der Waals surface area (Å²) in [6.45, 7) is 2.03. The van der Waals surface area contributed by atoms with Crippen molar-refractivity contribution in [1.29, 1.82) is 0 Å². The highest BCUT2D eigenvalue weighted by atomic mass is 16.7. The van der Waals surface area contributed by atoms with E-state index in [1.54, 1.807) is 4.90 Å². The number of carbonyl (C=O) groups excluding carboxylic acids is 2. The highest BCUT2D eigenvalue weighted by Crippen LogP contribution is 2.33. The lowest BCUT2D eigenvalue weighted by atomic mass is 9.84. The fourth-order valence-electron chi connectivity index (χ4n) is 4.69. The first-order valence-corrected chi connectivity index (χ1v) is 11.9. The van der Waals surface area contributed by atoms with Crippen molar-refractivity contribution >= 4 is 11.9 Å². The Morgan fingerprint density at radius 3 is 2.31 bits per heavy atom. The molecule has 0 saturated carbocycles. The maximum absolute atomic E-state index is 13.2. The molecule has 0 aromatic heterocycles. The molecule has 2 atom stereocenters. The molecular formula is C28H29N3O4. The Hall–Kier alpha value is -4.00. The van der Waals surface area contributed by atoms with Crippen LogP contribution >= 0.6 is 0 Å². The summed E-state index contributed by atoms with van der Waals surface area (Å²) in [6, 6.07) is 25.4. The van der Waals surface area contributed by atoms with Crippen molar-refractivity contribution in [3.8, 4) is 11.5 Å². The zero-order valence-electron chi connectivity index (χ0n) is 19.5. The summed E-state index contributed by atoms with van der Waals surface area (Å²) in [5, 5.41) is 6.07. The second-order valence-electron chi connectivity index (χ2n) is 8.99. The molecule has 0 aliphatic carbocycles. The molecule has 0 spiro atoms. The summed E-state index contributed by atoms with van der Waals surface area (Å²) in [5.74, 6) is 1.15. The number of hydrogen-bond acceptors (Lipinski definition) is 4. The number of fused-ring (bicyclic) bond motifs is 1. The molecular weight excluding hydrogens is 442 g/mol. The number of carbonyl (C=O) groups is 2. The number of nitrogens with one attached hydrogen (secondary N) is 2. The van der Waals surface area contributed by atoms with Gasteiger partial charge < -0.3 is 25.0 Å². The molecule has 2 aliphatic rings. The fourth-order valence-corrected chi connectivity index (χ4v) is 4.69. The third kappa shape index (κ3) is 5.57. The minimum atomic E-state index is -0.301. The van der Waals surface area contributed by atoms with Crippen LogP contribution in [0.4, 0.5) is 4.79 Å². The number of benzene rings is 3. The molecule has 2 N–H and O–H groups in total. The normalized spacial score (nSPS) is 18.7. The van der Waals surface area contributed by atoms with Gasteiger partial charge in [0.2, 0.25) is 12.7 Å². The number of piperidine rings is 1. The first kappa shape index (κ1) is 22.8. The van der Waals surface area contributed by atoms with Crippen molar-refractivity contribution in [3.05, 3.63) is 95.6 Å². The van der Waals surface area contributed by atoms with E-state index in [0.717, 1.165) is 22.4 Å². The smallest absolute Gasteiger partial charge is 0.317 e. The molecule has 3 aromatic rings. The molecule has 35 heavy (non-hydrogen) atoms. The van der Waals surface area contributed by atoms with E-state index in [-0.39, 0.29) is 30.6 Å². The maximum Gasteiger partial charge on any atom is 0.317 e. The summed E-state index contributed by atoms with van der Waals surface area (Å²) >= 11 is 0. The van der Waals surface area contributed by atoms with E-state index in [0.29, 0.717) is 38.3 Å². The summed E-state index contributed by atoms with van der Waals surface area (Å²) in [5.41, 5.74) is 3.12. The van der Waals surface area contributed by atoms with E-state index in [2.05, 4.69) is 22.8 Å². The molecule has 1 fully saturated rings. The van der Waals surface area contributed by atoms with Crippen LogP contribution in [0.1, 0.15) is 29.0 Å². The van der Waals surface area contributed by atoms with E-state index in [4.69, 9.17) is 9.47 Å². The average molecular weight is 472 g/mol. The number of amides is 3. The van der Waals surface area contributed by atoms with Crippen molar-refractivity contribution in [2.24, 2.45) is 5.92 Å². The van der Waals surface area contributed by atoms with Gasteiger partial charge in [0.1, 0.15) is 0 Å². The maximum atomic E-state index is 13.2. The molecule has 0 unspecified atom stereocenters. The highest BCUT2D eigenvalue weighted by molar-refractivity contribution is 5.81. The molecule has 0 bridgehead atoms. The van der Waals surface area contributed by atoms with Crippen LogP contribution in [0.15, 0.2) is 78.9 Å². The Morgan fingerprint density at radius 2 is 1.51 bits per heavy atom. The van der Waals surface area contributed by atoms with Gasteiger partial charge in [-0.1, -0.05) is 66.7 Å². The largest absolute Gasteiger partial charge is 0.454 e. The van der Waals surface area contributed by atoms with E-state index >= 15 is 0 Å². The molecule has 3 amide bonds. The van der Waals surface area contributed by atoms with Crippen molar-refractivity contribution in [1.82, 2.24) is 15.5 Å². The predicted octanol–water partition coefficient (Wildman–Crippen LogP) is 4.05. The molecule has 2 aliphatic heterocycles. The third-order valence-corrected chi connectivity index (χ3v) is 6.57. The van der Waals surface area contributed by atoms with Crippen LogP contribution in [-0.4, -0.2) is 36.7 Å². The minimum absolute atomic E-state index is 0.0517. The van der Waals surface area contributed by atoms with Gasteiger partial charge in [0, 0.05) is 32.1 Å². The zero-order chi connectivity index (χ0) is 24.0. The van der Waals surface area contributed by atoms with Crippen LogP contribution in [0.5, 0.6) is 11.5 Å². The highest BCUT2D eigenvalue weighted by Gasteiger charge is 2.34.